The molecule has 0 saturated heterocycles. The van der Waals surface area contributed by atoms with Crippen LogP contribution in [0.5, 0.6) is 11.5 Å². The summed E-state index contributed by atoms with van der Waals surface area (Å²) in [6.07, 6.45) is 0. The van der Waals surface area contributed by atoms with Crippen LogP contribution in [0, 0.1) is 0 Å². The molecule has 0 aliphatic carbocycles. The minimum Gasteiger partial charge on any atom is -0.497 e. The Labute approximate surface area is 150 Å². The first kappa shape index (κ1) is 18.8. The van der Waals surface area contributed by atoms with Gasteiger partial charge in [0.1, 0.15) is 11.5 Å². The van der Waals surface area contributed by atoms with E-state index >= 15 is 0 Å². The maximum atomic E-state index is 12.2. The third-order valence-corrected chi connectivity index (χ3v) is 3.44. The summed E-state index contributed by atoms with van der Waals surface area (Å²) in [5.41, 5.74) is 0.570. The van der Waals surface area contributed by atoms with Crippen molar-refractivity contribution in [3.63, 3.8) is 0 Å². The molecule has 0 atom stereocenters. The Balaban J connectivity index is 2.17. The predicted molar refractivity (Wildman–Crippen MR) is 94.6 cm³/mol. The van der Waals surface area contributed by atoms with Crippen LogP contribution in [0.4, 0.5) is 11.4 Å². The first-order chi connectivity index (χ1) is 12.5. The number of methoxy groups -OCH3 is 3. The molecular weight excluding hydrogens is 340 g/mol. The largest absolute Gasteiger partial charge is 0.497 e. The van der Waals surface area contributed by atoms with Crippen molar-refractivity contribution in [1.82, 2.24) is 0 Å². The lowest BCUT2D eigenvalue weighted by Crippen LogP contribution is -2.30. The second kappa shape index (κ2) is 8.52. The number of benzene rings is 2. The molecule has 0 spiro atoms. The van der Waals surface area contributed by atoms with E-state index in [2.05, 4.69) is 15.4 Å². The summed E-state index contributed by atoms with van der Waals surface area (Å²) in [4.78, 5) is 36.1. The van der Waals surface area contributed by atoms with Gasteiger partial charge in [0.25, 0.3) is 0 Å². The first-order valence-electron chi connectivity index (χ1n) is 7.51. The van der Waals surface area contributed by atoms with Crippen LogP contribution in [-0.2, 0) is 14.3 Å². The SMILES string of the molecule is COC(=O)c1ccccc1NC(=O)C(=O)Nc1cc(OC)ccc1OC. The monoisotopic (exact) mass is 358 g/mol. The van der Waals surface area contributed by atoms with Crippen LogP contribution in [0.25, 0.3) is 0 Å². The summed E-state index contributed by atoms with van der Waals surface area (Å²) < 4.78 is 14.9. The summed E-state index contributed by atoms with van der Waals surface area (Å²) in [5.74, 6) is -1.67. The van der Waals surface area contributed by atoms with Crippen LogP contribution < -0.4 is 20.1 Å². The fraction of sp³-hybridized carbons (Fsp3) is 0.167. The van der Waals surface area contributed by atoms with Crippen molar-refractivity contribution in [3.05, 3.63) is 48.0 Å². The van der Waals surface area contributed by atoms with E-state index in [1.54, 1.807) is 24.3 Å². The molecule has 0 saturated carbocycles. The molecule has 2 N–H and O–H groups in total. The van der Waals surface area contributed by atoms with E-state index in [1.807, 2.05) is 0 Å². The number of nitrogens with one attached hydrogen (secondary N) is 2. The van der Waals surface area contributed by atoms with Crippen LogP contribution >= 0.6 is 0 Å². The Kier molecular flexibility index (Phi) is 6.15. The molecule has 136 valence electrons. The van der Waals surface area contributed by atoms with Gasteiger partial charge in [-0.2, -0.15) is 0 Å². The number of carbonyl (C=O) groups is 3. The Bertz CT molecular complexity index is 834. The Morgan fingerprint density at radius 1 is 0.808 bits per heavy atom. The van der Waals surface area contributed by atoms with E-state index in [0.29, 0.717) is 11.5 Å². The van der Waals surface area contributed by atoms with Gasteiger partial charge in [-0.3, -0.25) is 9.59 Å². The highest BCUT2D eigenvalue weighted by Gasteiger charge is 2.19. The van der Waals surface area contributed by atoms with Gasteiger partial charge >= 0.3 is 17.8 Å². The number of amides is 2. The average molecular weight is 358 g/mol. The van der Waals surface area contributed by atoms with Crippen molar-refractivity contribution < 1.29 is 28.6 Å². The number of esters is 1. The van der Waals surface area contributed by atoms with E-state index in [4.69, 9.17) is 9.47 Å². The van der Waals surface area contributed by atoms with Gasteiger partial charge in [-0.15, -0.1) is 0 Å². The van der Waals surface area contributed by atoms with E-state index in [9.17, 15) is 14.4 Å². The molecule has 2 aromatic rings. The summed E-state index contributed by atoms with van der Waals surface area (Å²) in [6, 6.07) is 11.0. The van der Waals surface area contributed by atoms with Gasteiger partial charge in [0.05, 0.1) is 38.3 Å². The zero-order valence-electron chi connectivity index (χ0n) is 14.5. The van der Waals surface area contributed by atoms with Crippen LogP contribution in [0.1, 0.15) is 10.4 Å². The number of hydrogen-bond donors (Lipinski definition) is 2. The quantitative estimate of drug-likeness (QED) is 0.626. The Hall–Kier alpha value is -3.55. The topological polar surface area (TPSA) is 103 Å². The lowest BCUT2D eigenvalue weighted by molar-refractivity contribution is -0.133. The maximum Gasteiger partial charge on any atom is 0.339 e. The highest BCUT2D eigenvalue weighted by atomic mass is 16.5. The molecule has 8 heteroatoms. The summed E-state index contributed by atoms with van der Waals surface area (Å²) in [7, 11) is 4.14. The second-order valence-electron chi connectivity index (χ2n) is 5.01. The molecule has 0 heterocycles. The van der Waals surface area contributed by atoms with Crippen molar-refractivity contribution in [3.8, 4) is 11.5 Å². The number of ether oxygens (including phenoxy) is 3. The normalized spacial score (nSPS) is 9.81. The molecule has 26 heavy (non-hydrogen) atoms. The van der Waals surface area contributed by atoms with Crippen molar-refractivity contribution in [2.45, 2.75) is 0 Å². The van der Waals surface area contributed by atoms with Gasteiger partial charge in [-0.1, -0.05) is 12.1 Å². The van der Waals surface area contributed by atoms with Crippen LogP contribution in [0.15, 0.2) is 42.5 Å². The lowest BCUT2D eigenvalue weighted by atomic mass is 10.2. The Morgan fingerprint density at radius 2 is 1.46 bits per heavy atom. The van der Waals surface area contributed by atoms with Gasteiger partial charge in [0.15, 0.2) is 0 Å². The van der Waals surface area contributed by atoms with Gasteiger partial charge < -0.3 is 24.8 Å². The molecule has 0 aliphatic heterocycles. The summed E-state index contributed by atoms with van der Waals surface area (Å²) in [6.45, 7) is 0. The fourth-order valence-corrected chi connectivity index (χ4v) is 2.15. The molecule has 0 fully saturated rings. The van der Waals surface area contributed by atoms with E-state index in [1.165, 1.54) is 39.5 Å². The van der Waals surface area contributed by atoms with Crippen molar-refractivity contribution in [2.24, 2.45) is 0 Å². The molecule has 0 radical (unpaired) electrons. The predicted octanol–water partition coefficient (Wildman–Crippen LogP) is 2.07. The van der Waals surface area contributed by atoms with Crippen LogP contribution in [0.2, 0.25) is 0 Å². The van der Waals surface area contributed by atoms with Crippen LogP contribution in [0.3, 0.4) is 0 Å². The molecule has 0 aliphatic rings. The zero-order valence-corrected chi connectivity index (χ0v) is 14.5. The molecule has 2 rings (SSSR count). The summed E-state index contributed by atoms with van der Waals surface area (Å²) >= 11 is 0. The first-order valence-corrected chi connectivity index (χ1v) is 7.51. The molecule has 0 unspecified atom stereocenters. The van der Waals surface area contributed by atoms with Crippen molar-refractivity contribution in [2.75, 3.05) is 32.0 Å². The van der Waals surface area contributed by atoms with Crippen LogP contribution in [-0.4, -0.2) is 39.1 Å². The lowest BCUT2D eigenvalue weighted by Gasteiger charge is -2.12. The minimum absolute atomic E-state index is 0.134. The van der Waals surface area contributed by atoms with Gasteiger partial charge in [0.2, 0.25) is 0 Å². The molecule has 0 bridgehead atoms. The van der Waals surface area contributed by atoms with E-state index in [-0.39, 0.29) is 16.9 Å². The highest BCUT2D eigenvalue weighted by molar-refractivity contribution is 6.44. The molecule has 0 aromatic heterocycles. The standard InChI is InChI=1S/C18H18N2O6/c1-24-11-8-9-15(25-2)14(10-11)20-17(22)16(21)19-13-7-5-4-6-12(13)18(23)26-3/h4-10H,1-3H3,(H,19,21)(H,20,22). The van der Waals surface area contributed by atoms with Gasteiger partial charge in [-0.25, -0.2) is 4.79 Å². The zero-order chi connectivity index (χ0) is 19.1. The number of rotatable bonds is 5. The fourth-order valence-electron chi connectivity index (χ4n) is 2.15. The summed E-state index contributed by atoms with van der Waals surface area (Å²) in [5, 5.41) is 4.83. The van der Waals surface area contributed by atoms with Crippen molar-refractivity contribution >= 4 is 29.2 Å². The number of para-hydroxylation sites is 1. The third kappa shape index (κ3) is 4.29. The number of carbonyl (C=O) groups excluding carboxylic acids is 3. The van der Waals surface area contributed by atoms with Crippen molar-refractivity contribution in [1.29, 1.82) is 0 Å². The number of hydrogen-bond acceptors (Lipinski definition) is 6. The maximum absolute atomic E-state index is 12.2. The molecule has 2 aromatic carbocycles. The second-order valence-corrected chi connectivity index (χ2v) is 5.01. The van der Waals surface area contributed by atoms with E-state index < -0.39 is 17.8 Å². The van der Waals surface area contributed by atoms with Gasteiger partial charge in [0, 0.05) is 6.07 Å². The third-order valence-electron chi connectivity index (χ3n) is 3.44. The molecule has 8 nitrogen and oxygen atoms in total. The highest BCUT2D eigenvalue weighted by Crippen LogP contribution is 2.28. The Morgan fingerprint density at radius 3 is 2.08 bits per heavy atom. The van der Waals surface area contributed by atoms with E-state index in [0.717, 1.165) is 0 Å². The smallest absolute Gasteiger partial charge is 0.339 e. The van der Waals surface area contributed by atoms with Gasteiger partial charge in [-0.05, 0) is 24.3 Å². The minimum atomic E-state index is -0.953. The molecule has 2 amide bonds. The molecular formula is C18H18N2O6. The average Bonchev–Trinajstić information content (AvgIpc) is 2.67. The number of anilines is 2.